The van der Waals surface area contributed by atoms with Gasteiger partial charge in [0, 0.05) is 13.0 Å². The van der Waals surface area contributed by atoms with Crippen molar-refractivity contribution in [3.05, 3.63) is 35.9 Å². The van der Waals surface area contributed by atoms with Crippen LogP contribution in [0.25, 0.3) is 0 Å². The Morgan fingerprint density at radius 2 is 1.14 bits per heavy atom. The van der Waals surface area contributed by atoms with Crippen molar-refractivity contribution in [2.75, 3.05) is 31.7 Å². The van der Waals surface area contributed by atoms with E-state index in [2.05, 4.69) is 42.5 Å². The number of primary amides is 1. The highest BCUT2D eigenvalue weighted by Crippen LogP contribution is 2.11. The largest absolute Gasteiger partial charge is 0.481 e. The molecule has 0 spiro atoms. The van der Waals surface area contributed by atoms with Crippen molar-refractivity contribution in [3.8, 4) is 0 Å². The van der Waals surface area contributed by atoms with E-state index in [1.807, 2.05) is 13.8 Å². The molecule has 18 N–H and O–H groups in total. The van der Waals surface area contributed by atoms with E-state index in [0.717, 1.165) is 6.92 Å². The van der Waals surface area contributed by atoms with Gasteiger partial charge in [0.15, 0.2) is 5.96 Å². The van der Waals surface area contributed by atoms with Crippen LogP contribution >= 0.6 is 11.8 Å². The number of thioether (sulfide) groups is 1. The Hall–Kier alpha value is -6.05. The van der Waals surface area contributed by atoms with Gasteiger partial charge in [-0.3, -0.25) is 48.6 Å². The van der Waals surface area contributed by atoms with Crippen LogP contribution in [0, 0.1) is 17.2 Å². The average molecular weight is 995 g/mol. The molecule has 24 nitrogen and oxygen atoms in total. The van der Waals surface area contributed by atoms with Crippen molar-refractivity contribution in [2.45, 2.75) is 134 Å². The van der Waals surface area contributed by atoms with Crippen molar-refractivity contribution < 1.29 is 58.5 Å². The summed E-state index contributed by atoms with van der Waals surface area (Å²) in [6.07, 6.45) is 0.0986. The SMILES string of the molecule is CSCC[C@H](NC(=O)[C@@H](C)CO)C(=O)N[C@H](C(=O)N[C@@H](CC(=O)O)C(=O)N[C@@H](CCCCN)C(=O)N[C@@H](Cc1ccccc1)C(=O)N[C@@H](CCCNC(=N)N)C(=O)N[C@@H](CC(C)C)C(N)=O)[C@@H](C)O. The summed E-state index contributed by atoms with van der Waals surface area (Å²) in [5.41, 5.74) is 17.3. The Morgan fingerprint density at radius 3 is 1.65 bits per heavy atom. The van der Waals surface area contributed by atoms with E-state index in [1.165, 1.54) is 18.7 Å². The maximum Gasteiger partial charge on any atom is 0.305 e. The molecule has 0 aliphatic heterocycles. The van der Waals surface area contributed by atoms with Crippen LogP contribution in [0.4, 0.5) is 0 Å². The number of nitrogens with two attached hydrogens (primary N) is 3. The fourth-order valence-electron chi connectivity index (χ4n) is 6.63. The zero-order chi connectivity index (χ0) is 52.2. The molecule has 0 radical (unpaired) electrons. The van der Waals surface area contributed by atoms with Crippen LogP contribution in [0.3, 0.4) is 0 Å². The second-order valence-electron chi connectivity index (χ2n) is 17.0. The number of carbonyl (C=O) groups is 9. The highest BCUT2D eigenvalue weighted by Gasteiger charge is 2.36. The number of aliphatic hydroxyl groups is 2. The third-order valence-electron chi connectivity index (χ3n) is 10.5. The smallest absolute Gasteiger partial charge is 0.305 e. The van der Waals surface area contributed by atoms with E-state index in [0.29, 0.717) is 17.7 Å². The quantitative estimate of drug-likeness (QED) is 0.0184. The second-order valence-corrected chi connectivity index (χ2v) is 18.0. The Balaban J connectivity index is 3.54. The molecule has 0 saturated heterocycles. The topological polar surface area (TPSA) is 412 Å². The number of amides is 8. The van der Waals surface area contributed by atoms with Crippen molar-refractivity contribution in [1.29, 1.82) is 5.41 Å². The minimum Gasteiger partial charge on any atom is -0.481 e. The van der Waals surface area contributed by atoms with Gasteiger partial charge in [-0.25, -0.2) is 0 Å². The molecule has 69 heavy (non-hydrogen) atoms. The van der Waals surface area contributed by atoms with Gasteiger partial charge in [0.1, 0.15) is 42.3 Å². The van der Waals surface area contributed by atoms with Crippen LogP contribution < -0.4 is 59.7 Å². The maximum atomic E-state index is 14.2. The fraction of sp³-hybridized carbons (Fsp3) is 0.636. The maximum absolute atomic E-state index is 14.2. The van der Waals surface area contributed by atoms with Gasteiger partial charge in [-0.1, -0.05) is 51.1 Å². The van der Waals surface area contributed by atoms with Gasteiger partial charge in [0.05, 0.1) is 25.0 Å². The lowest BCUT2D eigenvalue weighted by atomic mass is 10.0. The summed E-state index contributed by atoms with van der Waals surface area (Å²) in [6.45, 7) is 6.09. The van der Waals surface area contributed by atoms with Gasteiger partial charge in [-0.2, -0.15) is 11.8 Å². The summed E-state index contributed by atoms with van der Waals surface area (Å²) < 4.78 is 0. The third kappa shape index (κ3) is 24.2. The third-order valence-corrected chi connectivity index (χ3v) is 11.2. The summed E-state index contributed by atoms with van der Waals surface area (Å²) in [4.78, 5) is 120. The monoisotopic (exact) mass is 995 g/mol. The zero-order valence-corrected chi connectivity index (χ0v) is 40.8. The summed E-state index contributed by atoms with van der Waals surface area (Å²) in [5, 5.41) is 57.3. The van der Waals surface area contributed by atoms with E-state index in [-0.39, 0.29) is 69.9 Å². The van der Waals surface area contributed by atoms with Crippen LogP contribution in [0.5, 0.6) is 0 Å². The molecule has 0 aromatic heterocycles. The first-order chi connectivity index (χ1) is 32.5. The number of unbranched alkanes of at least 4 members (excludes halogenated alkanes) is 1. The molecule has 1 rings (SSSR count). The molecule has 0 aliphatic rings. The molecule has 0 bridgehead atoms. The first-order valence-corrected chi connectivity index (χ1v) is 24.2. The molecule has 9 atom stereocenters. The van der Waals surface area contributed by atoms with E-state index < -0.39 is 121 Å². The Morgan fingerprint density at radius 1 is 0.652 bits per heavy atom. The van der Waals surface area contributed by atoms with E-state index in [4.69, 9.17) is 22.6 Å². The van der Waals surface area contributed by atoms with Gasteiger partial charge < -0.3 is 75.1 Å². The minimum atomic E-state index is -1.88. The lowest BCUT2D eigenvalue weighted by Crippen LogP contribution is -2.61. The number of rotatable bonds is 34. The normalized spacial score (nSPS) is 15.0. The number of nitrogens with one attached hydrogen (secondary N) is 9. The van der Waals surface area contributed by atoms with Crippen molar-refractivity contribution in [2.24, 2.45) is 29.0 Å². The van der Waals surface area contributed by atoms with Gasteiger partial charge >= 0.3 is 5.97 Å². The lowest BCUT2D eigenvalue weighted by Gasteiger charge is -2.28. The van der Waals surface area contributed by atoms with Crippen molar-refractivity contribution in [3.63, 3.8) is 0 Å². The summed E-state index contributed by atoms with van der Waals surface area (Å²) >= 11 is 1.36. The number of guanidine groups is 1. The first-order valence-electron chi connectivity index (χ1n) is 22.8. The molecule has 1 aromatic rings. The Kier molecular flexibility index (Phi) is 28.9. The highest BCUT2D eigenvalue weighted by atomic mass is 32.2. The molecule has 25 heteroatoms. The Bertz CT molecular complexity index is 1860. The molecule has 0 aliphatic carbocycles. The fourth-order valence-corrected chi connectivity index (χ4v) is 7.10. The number of carbonyl (C=O) groups excluding carboxylic acids is 8. The number of hydrogen-bond donors (Lipinski definition) is 15. The predicted octanol–water partition coefficient (Wildman–Crippen LogP) is -3.22. The summed E-state index contributed by atoms with van der Waals surface area (Å²) in [7, 11) is 0. The molecule has 0 saturated carbocycles. The second kappa shape index (κ2) is 32.7. The predicted molar refractivity (Wildman–Crippen MR) is 258 cm³/mol. The lowest BCUT2D eigenvalue weighted by molar-refractivity contribution is -0.142. The molecule has 0 heterocycles. The van der Waals surface area contributed by atoms with Crippen LogP contribution in [-0.4, -0.2) is 155 Å². The minimum absolute atomic E-state index is 0.00978. The molecule has 0 unspecified atom stereocenters. The molecular formula is C44H74N12O12S. The molecule has 1 aromatic carbocycles. The number of carboxylic acids is 1. The molecule has 388 valence electrons. The number of benzene rings is 1. The van der Waals surface area contributed by atoms with Crippen LogP contribution in [0.15, 0.2) is 30.3 Å². The molecular weight excluding hydrogens is 921 g/mol. The first kappa shape index (κ1) is 61.0. The number of carboxylic acid groups (broad SMARTS) is 1. The van der Waals surface area contributed by atoms with Crippen LogP contribution in [0.2, 0.25) is 0 Å². The Labute approximate surface area is 406 Å². The number of aliphatic carboxylic acids is 1. The van der Waals surface area contributed by atoms with E-state index in [1.54, 1.807) is 36.6 Å². The van der Waals surface area contributed by atoms with Gasteiger partial charge in [0.25, 0.3) is 0 Å². The summed E-state index contributed by atoms with van der Waals surface area (Å²) in [5.74, 6) is -9.51. The van der Waals surface area contributed by atoms with Gasteiger partial charge in [-0.05, 0) is 81.9 Å². The number of aliphatic hydroxyl groups excluding tert-OH is 2. The van der Waals surface area contributed by atoms with Crippen LogP contribution in [0.1, 0.15) is 84.6 Å². The van der Waals surface area contributed by atoms with E-state index in [9.17, 15) is 58.5 Å². The number of hydrogen-bond acceptors (Lipinski definition) is 14. The molecule has 8 amide bonds. The summed E-state index contributed by atoms with van der Waals surface area (Å²) in [6, 6.07) is -1.54. The highest BCUT2D eigenvalue weighted by molar-refractivity contribution is 7.98. The zero-order valence-electron chi connectivity index (χ0n) is 40.0. The molecule has 0 fully saturated rings. The average Bonchev–Trinajstić information content (AvgIpc) is 3.28. The van der Waals surface area contributed by atoms with E-state index >= 15 is 0 Å². The van der Waals surface area contributed by atoms with Crippen LogP contribution in [-0.2, 0) is 49.6 Å². The van der Waals surface area contributed by atoms with Gasteiger partial charge in [0.2, 0.25) is 47.3 Å². The standard InChI is InChI=1S/C44H74N12O12S/c1-24(2)20-31(36(46)61)53-38(63)29(15-11-18-49-44(47)48)52-41(66)32(21-27-12-7-6-8-13-27)54-39(64)28(14-9-10-17-45)51-42(67)33(22-34(59)60)55-43(68)35(26(4)58)56-40(65)30(16-19-69-5)50-37(62)25(3)23-57/h6-8,12-13,24-26,28-33,35,57-58H,9-11,14-23,45H2,1-5H3,(H2,46,61)(H,50,62)(H,51,67)(H,52,66)(H,53,63)(H,54,64)(H,55,68)(H,56,65)(H,59,60)(H4,47,48,49)/t25-,26+,28-,29-,30-,31-,32-,33-,35-/m0/s1. The van der Waals surface area contributed by atoms with Crippen molar-refractivity contribution >= 4 is 70.9 Å². The van der Waals surface area contributed by atoms with Gasteiger partial charge in [-0.15, -0.1) is 0 Å². The van der Waals surface area contributed by atoms with Crippen molar-refractivity contribution in [1.82, 2.24) is 42.5 Å².